The lowest BCUT2D eigenvalue weighted by molar-refractivity contribution is 0.371. The largest absolute Gasteiger partial charge is 0.324 e. The Hall–Kier alpha value is -1.09. The van der Waals surface area contributed by atoms with E-state index < -0.39 is 0 Å². The van der Waals surface area contributed by atoms with Crippen LogP contribution in [-0.4, -0.2) is 9.55 Å². The minimum atomic E-state index is -0.237. The number of rotatable bonds is 2. The summed E-state index contributed by atoms with van der Waals surface area (Å²) >= 11 is 6.33. The Morgan fingerprint density at radius 1 is 1.19 bits per heavy atom. The molecule has 1 aliphatic carbocycles. The molecule has 0 bridgehead atoms. The summed E-state index contributed by atoms with van der Waals surface area (Å²) in [6.07, 6.45) is 8.80. The molecule has 1 fully saturated rings. The van der Waals surface area contributed by atoms with Crippen molar-refractivity contribution in [1.29, 1.82) is 0 Å². The quantitative estimate of drug-likeness (QED) is 0.645. The summed E-state index contributed by atoms with van der Waals surface area (Å²) in [5.74, 6) is 0.640. The molecule has 0 amide bonds. The van der Waals surface area contributed by atoms with Gasteiger partial charge in [0.15, 0.2) is 0 Å². The molecular weight excluding hydrogens is 287 g/mol. The molecule has 1 heterocycles. The lowest BCUT2D eigenvalue weighted by Crippen LogP contribution is -2.14. The maximum Gasteiger partial charge on any atom is 0.127 e. The van der Waals surface area contributed by atoms with E-state index in [-0.39, 0.29) is 11.2 Å². The van der Waals surface area contributed by atoms with Crippen LogP contribution in [0.25, 0.3) is 11.0 Å². The van der Waals surface area contributed by atoms with E-state index in [1.54, 1.807) is 0 Å². The van der Waals surface area contributed by atoms with Crippen LogP contribution in [0.1, 0.15) is 69.1 Å². The number of hydrogen-bond donors (Lipinski definition) is 0. The Balaban J connectivity index is 2.07. The number of imidazole rings is 1. The SMILES string of the molecule is CC(Cl)c1nc2cc(F)ccc2n1C1CCCCCCC1. The molecular formula is C17H22ClFN2. The molecule has 114 valence electrons. The molecule has 1 aliphatic rings. The first-order valence-electron chi connectivity index (χ1n) is 7.98. The summed E-state index contributed by atoms with van der Waals surface area (Å²) in [6.45, 7) is 1.94. The molecule has 0 aliphatic heterocycles. The highest BCUT2D eigenvalue weighted by Crippen LogP contribution is 2.34. The van der Waals surface area contributed by atoms with Crippen LogP contribution < -0.4 is 0 Å². The van der Waals surface area contributed by atoms with Crippen LogP contribution in [0.5, 0.6) is 0 Å². The van der Waals surface area contributed by atoms with Crippen LogP contribution in [0.2, 0.25) is 0 Å². The molecule has 1 saturated carbocycles. The first-order valence-corrected chi connectivity index (χ1v) is 8.42. The van der Waals surface area contributed by atoms with Gasteiger partial charge in [-0.2, -0.15) is 0 Å². The standard InChI is InChI=1S/C17H22ClFN2/c1-12(18)17-20-15-11-13(19)9-10-16(15)21(17)14-7-5-3-2-4-6-8-14/h9-12,14H,2-8H2,1H3. The molecule has 0 N–H and O–H groups in total. The van der Waals surface area contributed by atoms with Crippen LogP contribution in [0.3, 0.4) is 0 Å². The minimum Gasteiger partial charge on any atom is -0.324 e. The Bertz CT molecular complexity index is 613. The highest BCUT2D eigenvalue weighted by atomic mass is 35.5. The lowest BCUT2D eigenvalue weighted by atomic mass is 9.96. The fourth-order valence-electron chi connectivity index (χ4n) is 3.45. The van der Waals surface area contributed by atoms with Crippen LogP contribution in [0.4, 0.5) is 4.39 Å². The number of alkyl halides is 1. The van der Waals surface area contributed by atoms with Gasteiger partial charge in [-0.3, -0.25) is 0 Å². The summed E-state index contributed by atoms with van der Waals surface area (Å²) in [6, 6.07) is 5.32. The van der Waals surface area contributed by atoms with Gasteiger partial charge in [0.2, 0.25) is 0 Å². The van der Waals surface area contributed by atoms with Gasteiger partial charge in [-0.05, 0) is 31.9 Å². The van der Waals surface area contributed by atoms with Crippen molar-refractivity contribution in [3.63, 3.8) is 0 Å². The number of aromatic nitrogens is 2. The predicted molar refractivity (Wildman–Crippen MR) is 85.3 cm³/mol. The fourth-order valence-corrected chi connectivity index (χ4v) is 3.60. The molecule has 0 radical (unpaired) electrons. The maximum atomic E-state index is 13.5. The fraction of sp³-hybridized carbons (Fsp3) is 0.588. The van der Waals surface area contributed by atoms with Crippen molar-refractivity contribution < 1.29 is 4.39 Å². The van der Waals surface area contributed by atoms with Gasteiger partial charge in [-0.1, -0.05) is 32.1 Å². The van der Waals surface area contributed by atoms with Gasteiger partial charge in [0.05, 0.1) is 16.4 Å². The first-order chi connectivity index (χ1) is 10.2. The minimum absolute atomic E-state index is 0.161. The van der Waals surface area contributed by atoms with Crippen molar-refractivity contribution in [2.75, 3.05) is 0 Å². The lowest BCUT2D eigenvalue weighted by Gasteiger charge is -2.24. The molecule has 0 spiro atoms. The van der Waals surface area contributed by atoms with Gasteiger partial charge in [-0.25, -0.2) is 9.37 Å². The molecule has 2 nitrogen and oxygen atoms in total. The number of fused-ring (bicyclic) bond motifs is 1. The third-order valence-electron chi connectivity index (χ3n) is 4.47. The third kappa shape index (κ3) is 3.08. The molecule has 3 rings (SSSR count). The summed E-state index contributed by atoms with van der Waals surface area (Å²) in [5.41, 5.74) is 1.74. The summed E-state index contributed by atoms with van der Waals surface area (Å²) in [4.78, 5) is 4.59. The van der Waals surface area contributed by atoms with E-state index in [2.05, 4.69) is 9.55 Å². The summed E-state index contributed by atoms with van der Waals surface area (Å²) in [5, 5.41) is -0.161. The molecule has 1 aromatic carbocycles. The highest BCUT2D eigenvalue weighted by Gasteiger charge is 2.22. The van der Waals surface area contributed by atoms with E-state index in [1.807, 2.05) is 13.0 Å². The predicted octanol–water partition coefficient (Wildman–Crippen LogP) is 5.76. The maximum absolute atomic E-state index is 13.5. The Morgan fingerprint density at radius 2 is 1.86 bits per heavy atom. The van der Waals surface area contributed by atoms with Crippen molar-refractivity contribution >= 4 is 22.6 Å². The van der Waals surface area contributed by atoms with Gasteiger partial charge < -0.3 is 4.57 Å². The van der Waals surface area contributed by atoms with Crippen LogP contribution in [-0.2, 0) is 0 Å². The van der Waals surface area contributed by atoms with Crippen molar-refractivity contribution in [3.8, 4) is 0 Å². The van der Waals surface area contributed by atoms with E-state index in [4.69, 9.17) is 11.6 Å². The van der Waals surface area contributed by atoms with Crippen molar-refractivity contribution in [2.45, 2.75) is 63.3 Å². The zero-order valence-corrected chi connectivity index (χ0v) is 13.2. The van der Waals surface area contributed by atoms with Crippen LogP contribution in [0, 0.1) is 5.82 Å². The molecule has 2 aromatic rings. The molecule has 21 heavy (non-hydrogen) atoms. The first kappa shape index (κ1) is 14.8. The van der Waals surface area contributed by atoms with Gasteiger partial charge in [0.1, 0.15) is 11.6 Å². The van der Waals surface area contributed by atoms with Crippen LogP contribution >= 0.6 is 11.6 Å². The normalized spacial score (nSPS) is 19.4. The monoisotopic (exact) mass is 308 g/mol. The van der Waals surface area contributed by atoms with Gasteiger partial charge in [0.25, 0.3) is 0 Å². The van der Waals surface area contributed by atoms with Crippen LogP contribution in [0.15, 0.2) is 18.2 Å². The molecule has 0 saturated heterocycles. The van der Waals surface area contributed by atoms with E-state index in [0.29, 0.717) is 6.04 Å². The van der Waals surface area contributed by atoms with E-state index >= 15 is 0 Å². The molecule has 1 aromatic heterocycles. The number of halogens is 2. The topological polar surface area (TPSA) is 17.8 Å². The van der Waals surface area contributed by atoms with Gasteiger partial charge in [0, 0.05) is 12.1 Å². The smallest absolute Gasteiger partial charge is 0.127 e. The highest BCUT2D eigenvalue weighted by molar-refractivity contribution is 6.20. The Kier molecular flexibility index (Phi) is 4.48. The average Bonchev–Trinajstić information content (AvgIpc) is 2.77. The zero-order chi connectivity index (χ0) is 14.8. The number of benzene rings is 1. The zero-order valence-electron chi connectivity index (χ0n) is 12.5. The van der Waals surface area contributed by atoms with Crippen molar-refractivity contribution in [1.82, 2.24) is 9.55 Å². The third-order valence-corrected chi connectivity index (χ3v) is 4.67. The number of hydrogen-bond acceptors (Lipinski definition) is 1. The number of nitrogens with zero attached hydrogens (tertiary/aromatic N) is 2. The van der Waals surface area contributed by atoms with Crippen molar-refractivity contribution in [2.24, 2.45) is 0 Å². The van der Waals surface area contributed by atoms with E-state index in [0.717, 1.165) is 16.9 Å². The van der Waals surface area contributed by atoms with E-state index in [9.17, 15) is 4.39 Å². The van der Waals surface area contributed by atoms with E-state index in [1.165, 1.54) is 57.1 Å². The Morgan fingerprint density at radius 3 is 2.52 bits per heavy atom. The second-order valence-corrected chi connectivity index (χ2v) is 6.74. The van der Waals surface area contributed by atoms with Gasteiger partial charge >= 0.3 is 0 Å². The molecule has 1 atom stereocenters. The summed E-state index contributed by atoms with van der Waals surface area (Å²) in [7, 11) is 0. The molecule has 1 unspecified atom stereocenters. The Labute approximate surface area is 130 Å². The second-order valence-electron chi connectivity index (χ2n) is 6.09. The van der Waals surface area contributed by atoms with Gasteiger partial charge in [-0.15, -0.1) is 11.6 Å². The molecule has 4 heteroatoms. The summed E-state index contributed by atoms with van der Waals surface area (Å²) < 4.78 is 15.7. The second kappa shape index (κ2) is 6.35. The average molecular weight is 309 g/mol. The van der Waals surface area contributed by atoms with Crippen molar-refractivity contribution in [3.05, 3.63) is 29.8 Å².